The van der Waals surface area contributed by atoms with E-state index in [4.69, 9.17) is 10.9 Å². The van der Waals surface area contributed by atoms with Gasteiger partial charge in [0, 0.05) is 31.9 Å². The lowest BCUT2D eigenvalue weighted by Gasteiger charge is -2.38. The number of amidine groups is 1. The molecule has 1 unspecified atom stereocenters. The van der Waals surface area contributed by atoms with Gasteiger partial charge in [-0.3, -0.25) is 0 Å². The van der Waals surface area contributed by atoms with Crippen LogP contribution in [0.15, 0.2) is 17.7 Å². The highest BCUT2D eigenvalue weighted by Crippen LogP contribution is 2.19. The van der Waals surface area contributed by atoms with E-state index in [0.717, 1.165) is 25.5 Å². The molecule has 1 aliphatic heterocycles. The van der Waals surface area contributed by atoms with Crippen LogP contribution in [0.1, 0.15) is 12.5 Å². The Morgan fingerprint density at radius 3 is 3.00 bits per heavy atom. The molecule has 1 aliphatic rings. The molecule has 1 saturated heterocycles. The molecule has 3 N–H and O–H groups in total. The van der Waals surface area contributed by atoms with Crippen LogP contribution in [0.3, 0.4) is 0 Å². The van der Waals surface area contributed by atoms with Gasteiger partial charge in [0.15, 0.2) is 5.84 Å². The third kappa shape index (κ3) is 2.35. The molecular weight excluding hydrogens is 232 g/mol. The van der Waals surface area contributed by atoms with Gasteiger partial charge in [0.25, 0.3) is 0 Å². The lowest BCUT2D eigenvalue weighted by molar-refractivity contribution is 0.233. The minimum Gasteiger partial charge on any atom is -0.409 e. The van der Waals surface area contributed by atoms with Crippen LogP contribution in [0.5, 0.6) is 0 Å². The van der Waals surface area contributed by atoms with Crippen LogP contribution in [0, 0.1) is 0 Å². The molecule has 0 bridgehead atoms. The second-order valence-electron chi connectivity index (χ2n) is 4.52. The fraction of sp³-hybridized carbons (Fsp3) is 0.545. The van der Waals surface area contributed by atoms with E-state index in [9.17, 15) is 0 Å². The highest BCUT2D eigenvalue weighted by Gasteiger charge is 2.24. The zero-order chi connectivity index (χ0) is 13.1. The van der Waals surface area contributed by atoms with E-state index in [1.807, 2.05) is 0 Å². The molecule has 0 aliphatic carbocycles. The minimum absolute atomic E-state index is 0.0391. The summed E-state index contributed by atoms with van der Waals surface area (Å²) in [6.07, 6.45) is 3.05. The Bertz CT molecular complexity index is 449. The molecule has 1 aromatic rings. The Hall–Kier alpha value is -1.89. The standard InChI is InChI=1S/C11H18N6O/c1-8-6-17(4-3-16(8)2)11-9(10(12)15-18)5-13-7-14-11/h5,7-8,18H,3-4,6H2,1-2H3,(H2,12,15). The molecule has 7 nitrogen and oxygen atoms in total. The smallest absolute Gasteiger partial charge is 0.175 e. The van der Waals surface area contributed by atoms with Crippen molar-refractivity contribution in [2.24, 2.45) is 10.9 Å². The summed E-state index contributed by atoms with van der Waals surface area (Å²) in [5.74, 6) is 0.762. The Morgan fingerprint density at radius 2 is 2.33 bits per heavy atom. The fourth-order valence-electron chi connectivity index (χ4n) is 2.05. The second-order valence-corrected chi connectivity index (χ2v) is 4.52. The molecule has 0 amide bonds. The molecule has 1 aromatic heterocycles. The van der Waals surface area contributed by atoms with E-state index in [1.165, 1.54) is 6.33 Å². The zero-order valence-electron chi connectivity index (χ0n) is 10.6. The number of nitrogens with two attached hydrogens (primary N) is 1. The molecule has 0 radical (unpaired) electrons. The van der Waals surface area contributed by atoms with Crippen molar-refractivity contribution in [3.63, 3.8) is 0 Å². The predicted octanol–water partition coefficient (Wildman–Crippen LogP) is -0.289. The van der Waals surface area contributed by atoms with E-state index >= 15 is 0 Å². The summed E-state index contributed by atoms with van der Waals surface area (Å²) < 4.78 is 0. The highest BCUT2D eigenvalue weighted by atomic mass is 16.4. The van der Waals surface area contributed by atoms with Crippen molar-refractivity contribution in [3.05, 3.63) is 18.1 Å². The molecule has 0 saturated carbocycles. The average Bonchev–Trinajstić information content (AvgIpc) is 2.41. The quantitative estimate of drug-likeness (QED) is 0.324. The number of piperazine rings is 1. The van der Waals surface area contributed by atoms with Gasteiger partial charge in [-0.05, 0) is 14.0 Å². The maximum Gasteiger partial charge on any atom is 0.175 e. The lowest BCUT2D eigenvalue weighted by atomic mass is 10.2. The van der Waals surface area contributed by atoms with Gasteiger partial charge in [-0.25, -0.2) is 9.97 Å². The highest BCUT2D eigenvalue weighted by molar-refractivity contribution is 6.01. The van der Waals surface area contributed by atoms with E-state index in [2.05, 4.69) is 38.9 Å². The Morgan fingerprint density at radius 1 is 1.56 bits per heavy atom. The fourth-order valence-corrected chi connectivity index (χ4v) is 2.05. The lowest BCUT2D eigenvalue weighted by Crippen LogP contribution is -2.50. The molecule has 7 heteroatoms. The van der Waals surface area contributed by atoms with Crippen molar-refractivity contribution in [1.29, 1.82) is 0 Å². The number of hydrogen-bond acceptors (Lipinski definition) is 6. The van der Waals surface area contributed by atoms with Crippen molar-refractivity contribution in [3.8, 4) is 0 Å². The first-order chi connectivity index (χ1) is 8.63. The number of likely N-dealkylation sites (N-methyl/N-ethyl adjacent to an activating group) is 1. The van der Waals surface area contributed by atoms with Crippen LogP contribution < -0.4 is 10.6 Å². The molecule has 2 heterocycles. The summed E-state index contributed by atoms with van der Waals surface area (Å²) >= 11 is 0. The Balaban J connectivity index is 2.28. The van der Waals surface area contributed by atoms with E-state index in [1.54, 1.807) is 6.20 Å². The van der Waals surface area contributed by atoms with Crippen molar-refractivity contribution in [1.82, 2.24) is 14.9 Å². The number of oxime groups is 1. The predicted molar refractivity (Wildman–Crippen MR) is 68.8 cm³/mol. The van der Waals surface area contributed by atoms with Crippen molar-refractivity contribution < 1.29 is 5.21 Å². The normalized spacial score (nSPS) is 22.2. The Kier molecular flexibility index (Phi) is 3.61. The molecular formula is C11H18N6O. The monoisotopic (exact) mass is 250 g/mol. The van der Waals surface area contributed by atoms with Crippen LogP contribution in [0.2, 0.25) is 0 Å². The van der Waals surface area contributed by atoms with Crippen LogP contribution in [-0.2, 0) is 0 Å². The van der Waals surface area contributed by atoms with Crippen LogP contribution in [0.4, 0.5) is 5.82 Å². The molecule has 0 aromatic carbocycles. The number of hydrogen-bond donors (Lipinski definition) is 2. The van der Waals surface area contributed by atoms with Gasteiger partial charge < -0.3 is 20.7 Å². The SMILES string of the molecule is CC1CN(c2ncncc2C(N)=NO)CCN1C. The van der Waals surface area contributed by atoms with Gasteiger partial charge >= 0.3 is 0 Å². The van der Waals surface area contributed by atoms with Gasteiger partial charge in [0.2, 0.25) is 0 Å². The van der Waals surface area contributed by atoms with Crippen molar-refractivity contribution >= 4 is 11.7 Å². The molecule has 18 heavy (non-hydrogen) atoms. The van der Waals surface area contributed by atoms with Crippen molar-refractivity contribution in [2.75, 3.05) is 31.6 Å². The van der Waals surface area contributed by atoms with Crippen LogP contribution in [0.25, 0.3) is 0 Å². The molecule has 1 fully saturated rings. The van der Waals surface area contributed by atoms with Crippen LogP contribution in [-0.4, -0.2) is 58.6 Å². The third-order valence-corrected chi connectivity index (χ3v) is 3.33. The van der Waals surface area contributed by atoms with E-state index in [-0.39, 0.29) is 5.84 Å². The van der Waals surface area contributed by atoms with E-state index in [0.29, 0.717) is 11.6 Å². The summed E-state index contributed by atoms with van der Waals surface area (Å²) in [7, 11) is 2.10. The number of rotatable bonds is 2. The molecule has 98 valence electrons. The van der Waals surface area contributed by atoms with E-state index < -0.39 is 0 Å². The number of aromatic nitrogens is 2. The summed E-state index contributed by atoms with van der Waals surface area (Å²) in [6, 6.07) is 0.439. The number of nitrogens with zero attached hydrogens (tertiary/aromatic N) is 5. The van der Waals surface area contributed by atoms with Gasteiger partial charge in [-0.1, -0.05) is 5.16 Å². The van der Waals surface area contributed by atoms with Gasteiger partial charge in [0.1, 0.15) is 12.1 Å². The molecule has 0 spiro atoms. The first-order valence-corrected chi connectivity index (χ1v) is 5.86. The maximum absolute atomic E-state index is 8.79. The zero-order valence-corrected chi connectivity index (χ0v) is 10.6. The maximum atomic E-state index is 8.79. The minimum atomic E-state index is 0.0391. The molecule has 2 rings (SSSR count). The summed E-state index contributed by atoms with van der Waals surface area (Å²) in [4.78, 5) is 12.6. The van der Waals surface area contributed by atoms with Gasteiger partial charge in [-0.15, -0.1) is 0 Å². The van der Waals surface area contributed by atoms with Gasteiger partial charge in [-0.2, -0.15) is 0 Å². The van der Waals surface area contributed by atoms with Crippen molar-refractivity contribution in [2.45, 2.75) is 13.0 Å². The topological polar surface area (TPSA) is 90.9 Å². The number of anilines is 1. The third-order valence-electron chi connectivity index (χ3n) is 3.33. The summed E-state index contributed by atoms with van der Waals surface area (Å²) in [5, 5.41) is 11.8. The largest absolute Gasteiger partial charge is 0.409 e. The summed E-state index contributed by atoms with van der Waals surface area (Å²) in [5.41, 5.74) is 6.21. The molecule has 1 atom stereocenters. The Labute approximate surface area is 106 Å². The second kappa shape index (κ2) is 5.18. The first kappa shape index (κ1) is 12.6. The average molecular weight is 250 g/mol. The van der Waals surface area contributed by atoms with Crippen LogP contribution >= 0.6 is 0 Å². The summed E-state index contributed by atoms with van der Waals surface area (Å²) in [6.45, 7) is 4.85. The first-order valence-electron chi connectivity index (χ1n) is 5.86. The van der Waals surface area contributed by atoms with Gasteiger partial charge in [0.05, 0.1) is 5.56 Å².